The van der Waals surface area contributed by atoms with E-state index in [1.165, 1.54) is 19.3 Å². The second kappa shape index (κ2) is 4.15. The van der Waals surface area contributed by atoms with Gasteiger partial charge in [0.25, 0.3) is 0 Å². The van der Waals surface area contributed by atoms with Crippen LogP contribution in [0.15, 0.2) is 23.3 Å². The first-order chi connectivity index (χ1) is 7.11. The molecule has 0 heterocycles. The van der Waals surface area contributed by atoms with Gasteiger partial charge in [-0.2, -0.15) is 0 Å². The third kappa shape index (κ3) is 1.91. The van der Waals surface area contributed by atoms with E-state index in [1.54, 1.807) is 11.1 Å². The molecule has 0 aromatic heterocycles. The summed E-state index contributed by atoms with van der Waals surface area (Å²) in [6.45, 7) is 9.37. The summed E-state index contributed by atoms with van der Waals surface area (Å²) in [5.74, 6) is 3.24. The molecule has 0 aromatic carbocycles. The summed E-state index contributed by atoms with van der Waals surface area (Å²) < 4.78 is 0. The van der Waals surface area contributed by atoms with Gasteiger partial charge >= 0.3 is 0 Å². The molecule has 2 unspecified atom stereocenters. The normalized spacial score (nSPS) is 30.5. The van der Waals surface area contributed by atoms with Crippen molar-refractivity contribution in [3.8, 4) is 0 Å². The van der Waals surface area contributed by atoms with E-state index >= 15 is 0 Å². The van der Waals surface area contributed by atoms with E-state index in [4.69, 9.17) is 0 Å². The lowest BCUT2D eigenvalue weighted by molar-refractivity contribution is 0.425. The molecule has 1 fully saturated rings. The van der Waals surface area contributed by atoms with Gasteiger partial charge in [-0.25, -0.2) is 0 Å². The van der Waals surface area contributed by atoms with E-state index in [0.29, 0.717) is 0 Å². The molecule has 0 aromatic rings. The number of rotatable bonds is 2. The molecule has 0 spiro atoms. The van der Waals surface area contributed by atoms with Gasteiger partial charge in [-0.3, -0.25) is 0 Å². The number of hydrogen-bond donors (Lipinski definition) is 0. The Hall–Kier alpha value is -0.520. The molecule has 0 N–H and O–H groups in total. The van der Waals surface area contributed by atoms with Gasteiger partial charge in [0.2, 0.25) is 0 Å². The first-order valence-corrected chi connectivity index (χ1v) is 6.52. The van der Waals surface area contributed by atoms with Crippen LogP contribution in [0.1, 0.15) is 47.0 Å². The molecule has 0 heteroatoms. The summed E-state index contributed by atoms with van der Waals surface area (Å²) in [5.41, 5.74) is 3.42. The molecule has 2 aliphatic carbocycles. The molecule has 2 rings (SSSR count). The summed E-state index contributed by atoms with van der Waals surface area (Å²) in [6.07, 6.45) is 9.14. The summed E-state index contributed by atoms with van der Waals surface area (Å²) in [7, 11) is 0. The molecule has 15 heavy (non-hydrogen) atoms. The zero-order chi connectivity index (χ0) is 11.0. The van der Waals surface area contributed by atoms with Gasteiger partial charge in [0, 0.05) is 0 Å². The van der Waals surface area contributed by atoms with Gasteiger partial charge in [0.05, 0.1) is 0 Å². The summed E-state index contributed by atoms with van der Waals surface area (Å²) >= 11 is 0. The minimum absolute atomic E-state index is 0.737. The first-order valence-electron chi connectivity index (χ1n) is 6.52. The van der Waals surface area contributed by atoms with Crippen molar-refractivity contribution in [3.05, 3.63) is 23.3 Å². The Bertz CT molecular complexity index is 261. The topological polar surface area (TPSA) is 0 Å². The lowest BCUT2D eigenvalue weighted by Gasteiger charge is -2.32. The zero-order valence-electron chi connectivity index (χ0n) is 10.6. The molecule has 1 saturated carbocycles. The molecular formula is C15H24. The van der Waals surface area contributed by atoms with Crippen LogP contribution in [0.3, 0.4) is 0 Å². The van der Waals surface area contributed by atoms with Gasteiger partial charge < -0.3 is 0 Å². The largest absolute Gasteiger partial charge is 0.0640 e. The van der Waals surface area contributed by atoms with Gasteiger partial charge in [-0.1, -0.05) is 57.4 Å². The Balaban J connectivity index is 2.30. The maximum atomic E-state index is 2.42. The minimum Gasteiger partial charge on any atom is -0.0640 e. The molecule has 0 bridgehead atoms. The van der Waals surface area contributed by atoms with Crippen molar-refractivity contribution in [2.75, 3.05) is 0 Å². The molecule has 2 aliphatic rings. The van der Waals surface area contributed by atoms with E-state index in [1.807, 2.05) is 0 Å². The summed E-state index contributed by atoms with van der Waals surface area (Å²) in [5, 5.41) is 0. The van der Waals surface area contributed by atoms with E-state index < -0.39 is 0 Å². The fraction of sp³-hybridized carbons (Fsp3) is 0.733. The Morgan fingerprint density at radius 3 is 1.60 bits per heavy atom. The average molecular weight is 204 g/mol. The van der Waals surface area contributed by atoms with Crippen LogP contribution >= 0.6 is 0 Å². The number of hydrogen-bond acceptors (Lipinski definition) is 0. The predicted octanol–water partition coefficient (Wildman–Crippen LogP) is 4.58. The fourth-order valence-electron chi connectivity index (χ4n) is 3.44. The smallest absolute Gasteiger partial charge is 0.0132 e. The third-order valence-electron chi connectivity index (χ3n) is 4.17. The maximum absolute atomic E-state index is 2.42. The quantitative estimate of drug-likeness (QED) is 0.617. The summed E-state index contributed by atoms with van der Waals surface area (Å²) in [6, 6.07) is 0. The Morgan fingerprint density at radius 1 is 0.867 bits per heavy atom. The maximum Gasteiger partial charge on any atom is -0.0132 e. The lowest BCUT2D eigenvalue weighted by Crippen LogP contribution is -2.21. The monoisotopic (exact) mass is 204 g/mol. The molecule has 0 nitrogen and oxygen atoms in total. The highest BCUT2D eigenvalue weighted by Gasteiger charge is 2.35. The van der Waals surface area contributed by atoms with Crippen LogP contribution in [0.2, 0.25) is 0 Å². The molecule has 0 radical (unpaired) electrons. The van der Waals surface area contributed by atoms with Crippen LogP contribution in [0.4, 0.5) is 0 Å². The van der Waals surface area contributed by atoms with E-state index in [0.717, 1.165) is 23.7 Å². The van der Waals surface area contributed by atoms with Gasteiger partial charge in [0.1, 0.15) is 0 Å². The van der Waals surface area contributed by atoms with Crippen LogP contribution in [-0.2, 0) is 0 Å². The Morgan fingerprint density at radius 2 is 1.27 bits per heavy atom. The third-order valence-corrected chi connectivity index (χ3v) is 4.17. The van der Waals surface area contributed by atoms with Crippen LogP contribution in [0.25, 0.3) is 0 Å². The Kier molecular flexibility index (Phi) is 3.04. The SMILES string of the molecule is CC(C)C1=CC=C(C(C)C)C2CCCC12. The second-order valence-electron chi connectivity index (χ2n) is 5.79. The van der Waals surface area contributed by atoms with Crippen molar-refractivity contribution < 1.29 is 0 Å². The average Bonchev–Trinajstić information content (AvgIpc) is 2.63. The molecule has 0 saturated heterocycles. The van der Waals surface area contributed by atoms with Crippen molar-refractivity contribution in [1.82, 2.24) is 0 Å². The molecule has 0 amide bonds. The van der Waals surface area contributed by atoms with Crippen LogP contribution < -0.4 is 0 Å². The van der Waals surface area contributed by atoms with E-state index in [2.05, 4.69) is 39.8 Å². The van der Waals surface area contributed by atoms with Gasteiger partial charge in [-0.15, -0.1) is 0 Å². The van der Waals surface area contributed by atoms with Crippen molar-refractivity contribution in [3.63, 3.8) is 0 Å². The molecule has 2 atom stereocenters. The van der Waals surface area contributed by atoms with Crippen molar-refractivity contribution in [2.24, 2.45) is 23.7 Å². The van der Waals surface area contributed by atoms with Gasteiger partial charge in [0.15, 0.2) is 0 Å². The minimum atomic E-state index is 0.737. The van der Waals surface area contributed by atoms with Crippen molar-refractivity contribution >= 4 is 0 Å². The lowest BCUT2D eigenvalue weighted by atomic mass is 9.73. The summed E-state index contributed by atoms with van der Waals surface area (Å²) in [4.78, 5) is 0. The standard InChI is InChI=1S/C15H24/c1-10(2)12-8-9-13(11(3)4)15-7-5-6-14(12)15/h8-11,14-15H,5-7H2,1-4H3. The van der Waals surface area contributed by atoms with Crippen LogP contribution in [-0.4, -0.2) is 0 Å². The first kappa shape index (κ1) is 11.0. The predicted molar refractivity (Wildman–Crippen MR) is 66.7 cm³/mol. The van der Waals surface area contributed by atoms with E-state index in [-0.39, 0.29) is 0 Å². The van der Waals surface area contributed by atoms with Crippen LogP contribution in [0, 0.1) is 23.7 Å². The van der Waals surface area contributed by atoms with Crippen molar-refractivity contribution in [1.29, 1.82) is 0 Å². The van der Waals surface area contributed by atoms with Crippen molar-refractivity contribution in [2.45, 2.75) is 47.0 Å². The highest BCUT2D eigenvalue weighted by molar-refractivity contribution is 5.32. The molecular weight excluding hydrogens is 180 g/mol. The zero-order valence-corrected chi connectivity index (χ0v) is 10.6. The Labute approximate surface area is 94.5 Å². The van der Waals surface area contributed by atoms with Gasteiger partial charge in [-0.05, 0) is 36.5 Å². The fourth-order valence-corrected chi connectivity index (χ4v) is 3.44. The second-order valence-corrected chi connectivity index (χ2v) is 5.79. The molecule has 84 valence electrons. The number of fused-ring (bicyclic) bond motifs is 1. The van der Waals surface area contributed by atoms with Crippen LogP contribution in [0.5, 0.6) is 0 Å². The molecule has 0 aliphatic heterocycles. The van der Waals surface area contributed by atoms with E-state index in [9.17, 15) is 0 Å². The highest BCUT2D eigenvalue weighted by atomic mass is 14.4. The number of allylic oxidation sites excluding steroid dienone is 4. The highest BCUT2D eigenvalue weighted by Crippen LogP contribution is 2.47.